The second kappa shape index (κ2) is 11.0. The van der Waals surface area contributed by atoms with Gasteiger partial charge in [-0.25, -0.2) is 0 Å². The van der Waals surface area contributed by atoms with Gasteiger partial charge in [0.2, 0.25) is 11.5 Å². The Kier molecular flexibility index (Phi) is 8.41. The average molecular weight is 531 g/mol. The molecular weight excluding hydrogens is 492 g/mol. The number of aldehydes is 1. The zero-order valence-electron chi connectivity index (χ0n) is 23.8. The molecule has 1 N–H and O–H groups in total. The van der Waals surface area contributed by atoms with E-state index in [2.05, 4.69) is 0 Å². The van der Waals surface area contributed by atoms with Crippen molar-refractivity contribution in [1.82, 2.24) is 0 Å². The normalized spacial score (nSPS) is 22.7. The van der Waals surface area contributed by atoms with Crippen LogP contribution in [0.15, 0.2) is 24.0 Å². The second-order valence-electron chi connectivity index (χ2n) is 9.63. The van der Waals surface area contributed by atoms with E-state index in [1.807, 2.05) is 13.0 Å². The molecule has 0 heterocycles. The molecular formula is C29H38O9. The summed E-state index contributed by atoms with van der Waals surface area (Å²) in [5.74, 6) is 2.04. The first-order valence-corrected chi connectivity index (χ1v) is 12.2. The first kappa shape index (κ1) is 29.0. The van der Waals surface area contributed by atoms with Gasteiger partial charge in [0, 0.05) is 22.3 Å². The molecule has 9 heteroatoms. The van der Waals surface area contributed by atoms with Gasteiger partial charge in [-0.2, -0.15) is 0 Å². The molecule has 1 aliphatic carbocycles. The molecule has 0 saturated carbocycles. The van der Waals surface area contributed by atoms with Crippen molar-refractivity contribution in [3.8, 4) is 45.6 Å². The minimum absolute atomic E-state index is 0.341. The van der Waals surface area contributed by atoms with Crippen LogP contribution in [0.2, 0.25) is 0 Å². The van der Waals surface area contributed by atoms with Gasteiger partial charge in [0.25, 0.3) is 0 Å². The summed E-state index contributed by atoms with van der Waals surface area (Å²) in [6, 6.07) is 3.64. The van der Waals surface area contributed by atoms with Gasteiger partial charge in [-0.15, -0.1) is 0 Å². The van der Waals surface area contributed by atoms with E-state index in [4.69, 9.17) is 33.2 Å². The molecule has 208 valence electrons. The molecule has 0 aliphatic heterocycles. The van der Waals surface area contributed by atoms with Gasteiger partial charge in [0.05, 0.1) is 48.9 Å². The Morgan fingerprint density at radius 2 is 1.34 bits per heavy atom. The van der Waals surface area contributed by atoms with Crippen LogP contribution in [0, 0.1) is 5.92 Å². The summed E-state index contributed by atoms with van der Waals surface area (Å²) in [7, 11) is 9.21. The maximum atomic E-state index is 12.2. The lowest BCUT2D eigenvalue weighted by Crippen LogP contribution is -2.54. The lowest BCUT2D eigenvalue weighted by Gasteiger charge is -2.48. The highest BCUT2D eigenvalue weighted by Crippen LogP contribution is 2.59. The minimum atomic E-state index is -1.45. The summed E-state index contributed by atoms with van der Waals surface area (Å²) < 4.78 is 41.0. The highest BCUT2D eigenvalue weighted by molar-refractivity contribution is 5.89. The summed E-state index contributed by atoms with van der Waals surface area (Å²) in [6.45, 7) is 7.06. The Labute approximate surface area is 224 Å². The van der Waals surface area contributed by atoms with E-state index in [0.29, 0.717) is 69.5 Å². The topological polar surface area (TPSA) is 102 Å². The standard InChI is InChI=1S/C29H38O9/c1-16(14-30)15-38-29(4)19-13-21(33-6)25(35-8)27(37-10)23(19)22-18(11-17(2)28(29,3)31)12-20(32-5)24(34-7)26(22)36-9/h12-15,17,31H,11H2,1-10H3/t17-,28+,29-/m1/s1. The maximum Gasteiger partial charge on any atom is 0.203 e. The van der Waals surface area contributed by atoms with Crippen LogP contribution < -0.4 is 28.4 Å². The molecule has 2 aromatic carbocycles. The van der Waals surface area contributed by atoms with Crippen LogP contribution in [-0.2, 0) is 21.6 Å². The number of benzene rings is 2. The Morgan fingerprint density at radius 1 is 0.842 bits per heavy atom. The van der Waals surface area contributed by atoms with Crippen molar-refractivity contribution < 1.29 is 43.1 Å². The summed E-state index contributed by atoms with van der Waals surface area (Å²) in [6.07, 6.45) is 2.47. The predicted octanol–water partition coefficient (Wildman–Crippen LogP) is 4.68. The summed E-state index contributed by atoms with van der Waals surface area (Å²) in [5, 5.41) is 12.2. The Balaban J connectivity index is 2.67. The molecule has 3 rings (SSSR count). The van der Waals surface area contributed by atoms with Crippen LogP contribution in [0.5, 0.6) is 34.5 Å². The third kappa shape index (κ3) is 4.38. The molecule has 3 atom stereocenters. The van der Waals surface area contributed by atoms with Crippen LogP contribution in [0.4, 0.5) is 0 Å². The lowest BCUT2D eigenvalue weighted by atomic mass is 9.66. The van der Waals surface area contributed by atoms with Gasteiger partial charge in [-0.3, -0.25) is 4.79 Å². The van der Waals surface area contributed by atoms with Gasteiger partial charge in [-0.05, 0) is 50.8 Å². The van der Waals surface area contributed by atoms with E-state index in [0.717, 1.165) is 5.56 Å². The maximum absolute atomic E-state index is 12.2. The molecule has 0 unspecified atom stereocenters. The van der Waals surface area contributed by atoms with Crippen molar-refractivity contribution in [3.63, 3.8) is 0 Å². The van der Waals surface area contributed by atoms with Crippen LogP contribution >= 0.6 is 0 Å². The molecule has 0 bridgehead atoms. The second-order valence-corrected chi connectivity index (χ2v) is 9.63. The fourth-order valence-corrected chi connectivity index (χ4v) is 5.12. The molecule has 0 fully saturated rings. The number of hydrogen-bond acceptors (Lipinski definition) is 9. The summed E-state index contributed by atoms with van der Waals surface area (Å²) in [5.41, 5.74) is 0.107. The summed E-state index contributed by atoms with van der Waals surface area (Å²) >= 11 is 0. The number of methoxy groups -OCH3 is 6. The number of aliphatic hydroxyl groups is 1. The van der Waals surface area contributed by atoms with Crippen molar-refractivity contribution in [3.05, 3.63) is 35.1 Å². The summed E-state index contributed by atoms with van der Waals surface area (Å²) in [4.78, 5) is 11.4. The van der Waals surface area contributed by atoms with Crippen molar-refractivity contribution >= 4 is 6.29 Å². The molecule has 38 heavy (non-hydrogen) atoms. The van der Waals surface area contributed by atoms with Crippen LogP contribution in [0.1, 0.15) is 38.8 Å². The first-order chi connectivity index (χ1) is 18.0. The number of ether oxygens (including phenoxy) is 7. The molecule has 0 amide bonds. The number of rotatable bonds is 9. The minimum Gasteiger partial charge on any atom is -0.493 e. The first-order valence-electron chi connectivity index (χ1n) is 12.2. The lowest BCUT2D eigenvalue weighted by molar-refractivity contribution is -0.169. The molecule has 0 spiro atoms. The SMILES string of the molecule is COc1cc2c(c(OC)c1OC)-c1c(cc(OC)c(OC)c1OC)[C@@](C)(OC=C(C)C=O)[C@@](C)(O)[C@H](C)C2. The number of hydrogen-bond donors (Lipinski definition) is 1. The third-order valence-corrected chi connectivity index (χ3v) is 7.62. The highest BCUT2D eigenvalue weighted by Gasteiger charge is 2.54. The zero-order chi connectivity index (χ0) is 28.4. The Bertz CT molecular complexity index is 1230. The largest absolute Gasteiger partial charge is 0.493 e. The van der Waals surface area contributed by atoms with E-state index in [1.54, 1.807) is 41.1 Å². The third-order valence-electron chi connectivity index (χ3n) is 7.62. The van der Waals surface area contributed by atoms with Crippen LogP contribution in [-0.4, -0.2) is 59.7 Å². The average Bonchev–Trinajstić information content (AvgIpc) is 2.92. The van der Waals surface area contributed by atoms with E-state index < -0.39 is 11.2 Å². The Hall–Kier alpha value is -3.59. The van der Waals surface area contributed by atoms with Crippen LogP contribution in [0.3, 0.4) is 0 Å². The number of carbonyl (C=O) groups excluding carboxylic acids is 1. The fraction of sp³-hybridized carbons (Fsp3) is 0.483. The van der Waals surface area contributed by atoms with Gasteiger partial charge in [0.15, 0.2) is 28.6 Å². The van der Waals surface area contributed by atoms with E-state index in [1.165, 1.54) is 34.7 Å². The Morgan fingerprint density at radius 3 is 1.82 bits per heavy atom. The van der Waals surface area contributed by atoms with Crippen molar-refractivity contribution in [2.75, 3.05) is 42.7 Å². The van der Waals surface area contributed by atoms with E-state index in [-0.39, 0.29) is 5.92 Å². The fourth-order valence-electron chi connectivity index (χ4n) is 5.12. The number of allylic oxidation sites excluding steroid dienone is 1. The molecule has 2 aromatic rings. The van der Waals surface area contributed by atoms with Crippen molar-refractivity contribution in [2.45, 2.75) is 45.3 Å². The van der Waals surface area contributed by atoms with E-state index >= 15 is 0 Å². The number of carbonyl (C=O) groups is 1. The van der Waals surface area contributed by atoms with Gasteiger partial charge in [0.1, 0.15) is 11.9 Å². The quantitative estimate of drug-likeness (QED) is 0.281. The zero-order valence-corrected chi connectivity index (χ0v) is 23.8. The van der Waals surface area contributed by atoms with Crippen molar-refractivity contribution in [1.29, 1.82) is 0 Å². The molecule has 0 saturated heterocycles. The smallest absolute Gasteiger partial charge is 0.203 e. The van der Waals surface area contributed by atoms with Gasteiger partial charge in [-0.1, -0.05) is 6.92 Å². The molecule has 1 aliphatic rings. The number of fused-ring (bicyclic) bond motifs is 3. The molecule has 9 nitrogen and oxygen atoms in total. The predicted molar refractivity (Wildman–Crippen MR) is 143 cm³/mol. The molecule has 0 radical (unpaired) electrons. The van der Waals surface area contributed by atoms with Gasteiger partial charge >= 0.3 is 0 Å². The molecule has 0 aromatic heterocycles. The van der Waals surface area contributed by atoms with Crippen molar-refractivity contribution in [2.24, 2.45) is 5.92 Å². The monoisotopic (exact) mass is 530 g/mol. The highest BCUT2D eigenvalue weighted by atomic mass is 16.5. The van der Waals surface area contributed by atoms with Crippen LogP contribution in [0.25, 0.3) is 11.1 Å². The van der Waals surface area contributed by atoms with Gasteiger partial charge < -0.3 is 38.3 Å². The van der Waals surface area contributed by atoms with E-state index in [9.17, 15) is 9.90 Å².